The van der Waals surface area contributed by atoms with Gasteiger partial charge in [0.2, 0.25) is 0 Å². The molecule has 2 aliphatic carbocycles. The Morgan fingerprint density at radius 1 is 1.22 bits per heavy atom. The molecule has 1 fully saturated rings. The van der Waals surface area contributed by atoms with Gasteiger partial charge in [0.05, 0.1) is 0 Å². The fourth-order valence-electron chi connectivity index (χ4n) is 4.73. The van der Waals surface area contributed by atoms with Gasteiger partial charge in [-0.15, -0.1) is 0 Å². The maximum atomic E-state index is 13.2. The summed E-state index contributed by atoms with van der Waals surface area (Å²) in [4.78, 5) is 10.5. The number of anilines is 1. The van der Waals surface area contributed by atoms with Gasteiger partial charge < -0.3 is 15.5 Å². The van der Waals surface area contributed by atoms with Gasteiger partial charge in [0.25, 0.3) is 10.0 Å². The summed E-state index contributed by atoms with van der Waals surface area (Å²) in [7, 11) is 0.0695. The Kier molecular flexibility index (Phi) is 7.79. The van der Waals surface area contributed by atoms with Crippen molar-refractivity contribution >= 4 is 22.1 Å². The van der Waals surface area contributed by atoms with E-state index in [9.17, 15) is 21.6 Å². The van der Waals surface area contributed by atoms with Gasteiger partial charge in [-0.1, -0.05) is 23.8 Å². The number of hydrogen-bond donors (Lipinski definition) is 3. The number of pyridine rings is 1. The molecule has 200 valence electrons. The van der Waals surface area contributed by atoms with Gasteiger partial charge in [-0.2, -0.15) is 13.2 Å². The first kappa shape index (κ1) is 26.9. The number of halogens is 3. The van der Waals surface area contributed by atoms with Gasteiger partial charge in [0.1, 0.15) is 23.2 Å². The standard InChI is InChI=1S/C25H31F3N6O2S/c1-16-11-20(37(35,36)33-23-9-10-29-15-31-23)14-30-24(16)32-21-8-7-18(13-22(21)34(2)3)17-5-4-6-19(12-17)25(26,27)28/h4-6,9-11,14,21-22,31,33H,7-8,12-13,15H2,1-3H3,(H,30,32)/b18-17+/t21?,22-/m0/s1. The highest BCUT2D eigenvalue weighted by Crippen LogP contribution is 2.38. The van der Waals surface area contributed by atoms with Crippen LogP contribution in [0.1, 0.15) is 31.2 Å². The molecule has 3 aliphatic rings. The van der Waals surface area contributed by atoms with Crippen LogP contribution in [0.5, 0.6) is 0 Å². The number of nitrogens with one attached hydrogen (secondary N) is 3. The summed E-state index contributed by atoms with van der Waals surface area (Å²) < 4.78 is 67.8. The average Bonchev–Trinajstić information content (AvgIpc) is 2.85. The van der Waals surface area contributed by atoms with Crippen molar-refractivity contribution in [2.75, 3.05) is 26.1 Å². The molecule has 2 atom stereocenters. The minimum Gasteiger partial charge on any atom is -0.366 e. The molecule has 0 aromatic carbocycles. The Morgan fingerprint density at radius 3 is 2.65 bits per heavy atom. The molecule has 0 amide bonds. The van der Waals surface area contributed by atoms with E-state index in [1.54, 1.807) is 19.1 Å². The summed E-state index contributed by atoms with van der Waals surface area (Å²) in [5.74, 6) is 0.912. The Morgan fingerprint density at radius 2 is 2.00 bits per heavy atom. The maximum absolute atomic E-state index is 13.2. The van der Waals surface area contributed by atoms with Crippen LogP contribution in [0.2, 0.25) is 0 Å². The van der Waals surface area contributed by atoms with Crippen LogP contribution in [0.25, 0.3) is 0 Å². The summed E-state index contributed by atoms with van der Waals surface area (Å²) >= 11 is 0. The molecule has 1 saturated carbocycles. The lowest BCUT2D eigenvalue weighted by Crippen LogP contribution is -2.46. The van der Waals surface area contributed by atoms with Crippen molar-refractivity contribution in [3.8, 4) is 0 Å². The first-order chi connectivity index (χ1) is 17.4. The van der Waals surface area contributed by atoms with E-state index in [0.717, 1.165) is 17.2 Å². The van der Waals surface area contributed by atoms with Gasteiger partial charge in [-0.25, -0.2) is 13.4 Å². The van der Waals surface area contributed by atoms with Crippen LogP contribution in [0.4, 0.5) is 19.0 Å². The van der Waals surface area contributed by atoms with Gasteiger partial charge in [-0.3, -0.25) is 9.71 Å². The highest BCUT2D eigenvalue weighted by molar-refractivity contribution is 7.89. The van der Waals surface area contributed by atoms with Crippen molar-refractivity contribution in [1.29, 1.82) is 0 Å². The predicted octanol–water partition coefficient (Wildman–Crippen LogP) is 3.78. The van der Waals surface area contributed by atoms with E-state index in [2.05, 4.69) is 30.2 Å². The van der Waals surface area contributed by atoms with Crippen molar-refractivity contribution in [3.63, 3.8) is 0 Å². The molecule has 1 aromatic rings. The summed E-state index contributed by atoms with van der Waals surface area (Å²) in [6.45, 7) is 2.08. The number of aryl methyl sites for hydroxylation is 1. The van der Waals surface area contributed by atoms with Gasteiger partial charge in [-0.05, 0) is 63.6 Å². The Bertz CT molecular complexity index is 1300. The molecule has 0 bridgehead atoms. The number of likely N-dealkylation sites (N-methyl/N-ethyl adjacent to an activating group) is 1. The predicted molar refractivity (Wildman–Crippen MR) is 138 cm³/mol. The molecule has 0 radical (unpaired) electrons. The van der Waals surface area contributed by atoms with Crippen LogP contribution in [0.15, 0.2) is 69.0 Å². The van der Waals surface area contributed by atoms with Gasteiger partial charge >= 0.3 is 6.18 Å². The number of allylic oxidation sites excluding steroid dienone is 6. The van der Waals surface area contributed by atoms with Crippen molar-refractivity contribution in [2.24, 2.45) is 4.99 Å². The van der Waals surface area contributed by atoms with Gasteiger partial charge in [0.15, 0.2) is 0 Å². The molecular formula is C25H31F3N6O2S. The number of sulfonamides is 1. The normalized spacial score (nSPS) is 24.4. The highest BCUT2D eigenvalue weighted by Gasteiger charge is 2.36. The lowest BCUT2D eigenvalue weighted by Gasteiger charge is -2.39. The molecule has 37 heavy (non-hydrogen) atoms. The molecule has 1 aromatic heterocycles. The lowest BCUT2D eigenvalue weighted by molar-refractivity contribution is -0.0932. The highest BCUT2D eigenvalue weighted by atomic mass is 32.2. The van der Waals surface area contributed by atoms with Crippen molar-refractivity contribution in [3.05, 3.63) is 64.7 Å². The van der Waals surface area contributed by atoms with Crippen LogP contribution in [-0.4, -0.2) is 63.5 Å². The second-order valence-electron chi connectivity index (χ2n) is 9.57. The third kappa shape index (κ3) is 6.42. The molecular weight excluding hydrogens is 505 g/mol. The summed E-state index contributed by atoms with van der Waals surface area (Å²) in [5, 5.41) is 6.30. The minimum absolute atomic E-state index is 0.00721. The van der Waals surface area contributed by atoms with Crippen LogP contribution < -0.4 is 15.4 Å². The Balaban J connectivity index is 1.48. The molecule has 12 heteroatoms. The van der Waals surface area contributed by atoms with E-state index in [-0.39, 0.29) is 30.1 Å². The van der Waals surface area contributed by atoms with Gasteiger partial charge in [0, 0.05) is 36.5 Å². The first-order valence-electron chi connectivity index (χ1n) is 12.0. The second kappa shape index (κ2) is 10.7. The van der Waals surface area contributed by atoms with E-state index in [1.165, 1.54) is 24.6 Å². The fourth-order valence-corrected chi connectivity index (χ4v) is 5.80. The summed E-state index contributed by atoms with van der Waals surface area (Å²) in [6, 6.07) is 1.59. The van der Waals surface area contributed by atoms with E-state index >= 15 is 0 Å². The molecule has 0 spiro atoms. The second-order valence-corrected chi connectivity index (χ2v) is 11.3. The molecule has 3 N–H and O–H groups in total. The Labute approximate surface area is 215 Å². The first-order valence-corrected chi connectivity index (χ1v) is 13.4. The third-order valence-electron chi connectivity index (χ3n) is 6.77. The van der Waals surface area contributed by atoms with E-state index in [1.807, 2.05) is 14.1 Å². The molecule has 2 heterocycles. The quantitative estimate of drug-likeness (QED) is 0.512. The molecule has 8 nitrogen and oxygen atoms in total. The van der Waals surface area contributed by atoms with Crippen LogP contribution >= 0.6 is 0 Å². The van der Waals surface area contributed by atoms with Crippen molar-refractivity contribution in [2.45, 2.75) is 55.8 Å². The molecule has 1 unspecified atom stereocenters. The zero-order valence-corrected chi connectivity index (χ0v) is 21.7. The van der Waals surface area contributed by atoms with Crippen molar-refractivity contribution < 1.29 is 21.6 Å². The summed E-state index contributed by atoms with van der Waals surface area (Å²) in [6.07, 6.45) is 6.38. The fraction of sp³-hybridized carbons (Fsp3) is 0.440. The average molecular weight is 537 g/mol. The zero-order valence-electron chi connectivity index (χ0n) is 20.9. The third-order valence-corrected chi connectivity index (χ3v) is 8.10. The SMILES string of the molecule is Cc1cc(S(=O)(=O)NC2=CC=NCN2)cnc1NC1CC/C(=C2/C=CC=C(C(F)(F)F)C2)C[C@@H]1N(C)C. The summed E-state index contributed by atoms with van der Waals surface area (Å²) in [5.41, 5.74) is 1.93. The smallest absolute Gasteiger partial charge is 0.366 e. The largest absolute Gasteiger partial charge is 0.413 e. The van der Waals surface area contributed by atoms with E-state index in [0.29, 0.717) is 36.5 Å². The maximum Gasteiger partial charge on any atom is 0.413 e. The number of aliphatic imine (C=N–C) groups is 1. The molecule has 1 aliphatic heterocycles. The zero-order chi connectivity index (χ0) is 26.8. The number of rotatable bonds is 6. The number of hydrogen-bond acceptors (Lipinski definition) is 7. The van der Waals surface area contributed by atoms with E-state index < -0.39 is 21.8 Å². The number of aromatic nitrogens is 1. The number of alkyl halides is 3. The number of nitrogens with zero attached hydrogens (tertiary/aromatic N) is 3. The topological polar surface area (TPSA) is 98.7 Å². The van der Waals surface area contributed by atoms with Crippen LogP contribution in [-0.2, 0) is 10.0 Å². The minimum atomic E-state index is -4.33. The van der Waals surface area contributed by atoms with Crippen molar-refractivity contribution in [1.82, 2.24) is 19.9 Å². The van der Waals surface area contributed by atoms with Crippen LogP contribution in [0.3, 0.4) is 0 Å². The molecule has 4 rings (SSSR count). The van der Waals surface area contributed by atoms with Crippen LogP contribution in [0, 0.1) is 6.92 Å². The van der Waals surface area contributed by atoms with E-state index in [4.69, 9.17) is 0 Å². The Hall–Kier alpha value is -3.12. The lowest BCUT2D eigenvalue weighted by atomic mass is 9.81. The molecule has 0 saturated heterocycles. The monoisotopic (exact) mass is 536 g/mol.